The third-order valence-electron chi connectivity index (χ3n) is 4.61. The summed E-state index contributed by atoms with van der Waals surface area (Å²) in [4.78, 5) is 12.1. The van der Waals surface area contributed by atoms with Gasteiger partial charge in [-0.1, -0.05) is 49.6 Å². The van der Waals surface area contributed by atoms with Gasteiger partial charge in [-0.3, -0.25) is 4.79 Å². The van der Waals surface area contributed by atoms with Gasteiger partial charge in [0.05, 0.1) is 12.5 Å². The maximum Gasteiger partial charge on any atom is 0.141 e. The summed E-state index contributed by atoms with van der Waals surface area (Å²) in [6.07, 6.45) is 5.96. The van der Waals surface area contributed by atoms with Gasteiger partial charge in [-0.2, -0.15) is 0 Å². The number of nitrogens with two attached hydrogens (primary N) is 1. The van der Waals surface area contributed by atoms with Crippen LogP contribution in [0, 0.1) is 5.92 Å². The van der Waals surface area contributed by atoms with Crippen LogP contribution in [0.4, 0.5) is 0 Å². The van der Waals surface area contributed by atoms with Gasteiger partial charge in [-0.15, -0.1) is 0 Å². The molecule has 3 unspecified atom stereocenters. The van der Waals surface area contributed by atoms with E-state index in [9.17, 15) is 9.90 Å². The number of halogens is 1. The number of rotatable bonds is 5. The Labute approximate surface area is 139 Å². The van der Waals surface area contributed by atoms with Crippen LogP contribution in [0.1, 0.15) is 57.1 Å². The molecule has 0 spiro atoms. The number of ketones is 1. The van der Waals surface area contributed by atoms with Crippen LogP contribution in [0.15, 0.2) is 30.3 Å². The molecule has 0 bridgehead atoms. The molecule has 1 aliphatic carbocycles. The maximum absolute atomic E-state index is 12.1. The number of benzene rings is 1. The van der Waals surface area contributed by atoms with Crippen molar-refractivity contribution in [1.82, 2.24) is 0 Å². The number of aliphatic hydroxyl groups excluding tert-OH is 1. The summed E-state index contributed by atoms with van der Waals surface area (Å²) >= 11 is 0. The van der Waals surface area contributed by atoms with Crippen molar-refractivity contribution in [1.29, 1.82) is 0 Å². The Hall–Kier alpha value is -0.900. The second-order valence-corrected chi connectivity index (χ2v) is 6.30. The van der Waals surface area contributed by atoms with Gasteiger partial charge >= 0.3 is 0 Å². The molecule has 0 aliphatic heterocycles. The fourth-order valence-electron chi connectivity index (χ4n) is 3.12. The topological polar surface area (TPSA) is 53.9 Å². The molecule has 4 heteroatoms. The Kier molecular flexibility index (Phi) is 8.69. The van der Waals surface area contributed by atoms with E-state index >= 15 is 0 Å². The second-order valence-electron chi connectivity index (χ2n) is 6.30. The molecule has 1 aromatic rings. The molecule has 22 heavy (non-hydrogen) atoms. The summed E-state index contributed by atoms with van der Waals surface area (Å²) in [7, 11) is 0. The molecule has 1 saturated carbocycles. The monoisotopic (exact) mass is 325 g/mol. The van der Waals surface area contributed by atoms with E-state index in [0.29, 0.717) is 5.78 Å². The minimum absolute atomic E-state index is 0. The highest BCUT2D eigenvalue weighted by Gasteiger charge is 2.25. The van der Waals surface area contributed by atoms with Crippen molar-refractivity contribution in [2.24, 2.45) is 5.92 Å². The smallest absolute Gasteiger partial charge is 0.141 e. The van der Waals surface area contributed by atoms with Gasteiger partial charge < -0.3 is 22.8 Å². The van der Waals surface area contributed by atoms with Gasteiger partial charge in [0, 0.05) is 6.42 Å². The van der Waals surface area contributed by atoms with Gasteiger partial charge in [-0.05, 0) is 25.3 Å². The molecule has 1 fully saturated rings. The number of quaternary nitrogens is 1. The van der Waals surface area contributed by atoms with E-state index < -0.39 is 6.10 Å². The average Bonchev–Trinajstić information content (AvgIpc) is 2.50. The number of carbonyl (C=O) groups is 1. The van der Waals surface area contributed by atoms with Crippen LogP contribution in [-0.2, 0) is 4.79 Å². The fourth-order valence-corrected chi connectivity index (χ4v) is 3.12. The lowest BCUT2D eigenvalue weighted by Crippen LogP contribution is -3.00. The van der Waals surface area contributed by atoms with Gasteiger partial charge in [0.25, 0.3) is 0 Å². The zero-order valence-electron chi connectivity index (χ0n) is 13.4. The summed E-state index contributed by atoms with van der Waals surface area (Å²) in [6.45, 7) is 2.84. The average molecular weight is 326 g/mol. The lowest BCUT2D eigenvalue weighted by molar-refractivity contribution is -0.697. The summed E-state index contributed by atoms with van der Waals surface area (Å²) in [5, 5.41) is 12.5. The van der Waals surface area contributed by atoms with Crippen molar-refractivity contribution in [3.63, 3.8) is 0 Å². The second kappa shape index (κ2) is 9.98. The van der Waals surface area contributed by atoms with Crippen molar-refractivity contribution >= 4 is 5.78 Å². The highest BCUT2D eigenvalue weighted by Crippen LogP contribution is 2.19. The number of hydrogen-bond acceptors (Lipinski definition) is 2. The van der Waals surface area contributed by atoms with Crippen LogP contribution in [0.3, 0.4) is 0 Å². The van der Waals surface area contributed by atoms with Crippen molar-refractivity contribution in [2.45, 2.75) is 57.6 Å². The number of Topliss-reactive ketones (excluding diaryl/α,β-unsaturated/α-hetero) is 1. The van der Waals surface area contributed by atoms with E-state index in [1.165, 1.54) is 19.3 Å². The molecule has 124 valence electrons. The maximum atomic E-state index is 12.1. The first-order valence-electron chi connectivity index (χ1n) is 8.27. The van der Waals surface area contributed by atoms with E-state index in [4.69, 9.17) is 0 Å². The predicted molar refractivity (Wildman–Crippen MR) is 83.9 cm³/mol. The molecule has 1 aromatic carbocycles. The van der Waals surface area contributed by atoms with E-state index in [0.717, 1.165) is 31.4 Å². The molecule has 3 atom stereocenters. The third-order valence-corrected chi connectivity index (χ3v) is 4.61. The fraction of sp³-hybridized carbons (Fsp3) is 0.611. The Morgan fingerprint density at radius 3 is 2.59 bits per heavy atom. The molecule has 0 aromatic heterocycles. The molecule has 0 amide bonds. The highest BCUT2D eigenvalue weighted by molar-refractivity contribution is 5.81. The van der Waals surface area contributed by atoms with Crippen molar-refractivity contribution in [3.05, 3.63) is 35.9 Å². The van der Waals surface area contributed by atoms with Crippen molar-refractivity contribution in [2.75, 3.05) is 6.54 Å². The lowest BCUT2D eigenvalue weighted by Gasteiger charge is -2.22. The van der Waals surface area contributed by atoms with Crippen molar-refractivity contribution in [3.8, 4) is 0 Å². The Morgan fingerprint density at radius 1 is 1.18 bits per heavy atom. The van der Waals surface area contributed by atoms with Crippen molar-refractivity contribution < 1.29 is 27.6 Å². The molecule has 0 heterocycles. The van der Waals surface area contributed by atoms with Crippen LogP contribution in [0.25, 0.3) is 0 Å². The third kappa shape index (κ3) is 5.71. The zero-order chi connectivity index (χ0) is 15.1. The Morgan fingerprint density at radius 2 is 1.86 bits per heavy atom. The van der Waals surface area contributed by atoms with E-state index in [1.54, 1.807) is 0 Å². The normalized spacial score (nSPS) is 22.1. The van der Waals surface area contributed by atoms with Gasteiger partial charge in [0.15, 0.2) is 0 Å². The minimum atomic E-state index is -0.477. The first-order valence-corrected chi connectivity index (χ1v) is 8.27. The summed E-state index contributed by atoms with van der Waals surface area (Å²) < 4.78 is 0. The number of hydrogen-bond donors (Lipinski definition) is 2. The summed E-state index contributed by atoms with van der Waals surface area (Å²) in [5.74, 6) is 0.600. The molecule has 0 saturated heterocycles. The molecular weight excluding hydrogens is 298 g/mol. The van der Waals surface area contributed by atoms with Gasteiger partial charge in [0.2, 0.25) is 0 Å². The number of carbonyl (C=O) groups excluding carboxylic acids is 1. The Bertz CT molecular complexity index is 438. The quantitative estimate of drug-likeness (QED) is 0.746. The Balaban J connectivity index is 0.00000242. The summed E-state index contributed by atoms with van der Waals surface area (Å²) in [5.41, 5.74) is 0.949. The SMILES string of the molecule is CC([NH2+]CC1CCCCCCC1=O)C(O)c1ccccc1.[Cl-]. The molecule has 3 N–H and O–H groups in total. The lowest BCUT2D eigenvalue weighted by atomic mass is 9.89. The van der Waals surface area contributed by atoms with Crippen LogP contribution in [0.2, 0.25) is 0 Å². The van der Waals surface area contributed by atoms with E-state index in [2.05, 4.69) is 5.32 Å². The number of aliphatic hydroxyl groups is 1. The first kappa shape index (κ1) is 19.1. The largest absolute Gasteiger partial charge is 1.00 e. The molecule has 2 rings (SSSR count). The molecule has 3 nitrogen and oxygen atoms in total. The molecular formula is C18H28ClNO2. The van der Waals surface area contributed by atoms with Crippen LogP contribution in [0.5, 0.6) is 0 Å². The van der Waals surface area contributed by atoms with Crippen LogP contribution < -0.4 is 17.7 Å². The molecule has 0 radical (unpaired) electrons. The van der Waals surface area contributed by atoms with Gasteiger partial charge in [0.1, 0.15) is 17.9 Å². The summed E-state index contributed by atoms with van der Waals surface area (Å²) in [6, 6.07) is 9.84. The van der Waals surface area contributed by atoms with Crippen LogP contribution in [-0.4, -0.2) is 23.5 Å². The zero-order valence-corrected chi connectivity index (χ0v) is 14.1. The van der Waals surface area contributed by atoms with E-state index in [1.807, 2.05) is 37.3 Å². The molecule has 1 aliphatic rings. The van der Waals surface area contributed by atoms with E-state index in [-0.39, 0.29) is 24.4 Å². The van der Waals surface area contributed by atoms with Gasteiger partial charge in [-0.25, -0.2) is 0 Å². The standard InChI is InChI=1S/C18H27NO2.ClH/c1-14(18(21)15-9-6-4-7-10-15)19-13-16-11-5-2-3-8-12-17(16)20;/h4,6-7,9-10,14,16,18-19,21H,2-3,5,8,11-13H2,1H3;1H. The minimum Gasteiger partial charge on any atom is -1.00 e. The predicted octanol–water partition coefficient (Wildman–Crippen LogP) is -0.785. The first-order chi connectivity index (χ1) is 10.2. The van der Waals surface area contributed by atoms with Crippen LogP contribution >= 0.6 is 0 Å². The highest BCUT2D eigenvalue weighted by atomic mass is 35.5.